The van der Waals surface area contributed by atoms with Crippen LogP contribution in [0.1, 0.15) is 28.8 Å². The van der Waals surface area contributed by atoms with Crippen molar-refractivity contribution in [2.45, 2.75) is 31.3 Å². The molecule has 4 aromatic carbocycles. The topological polar surface area (TPSA) is 142 Å². The molecule has 1 aliphatic heterocycles. The van der Waals surface area contributed by atoms with Crippen molar-refractivity contribution in [3.8, 4) is 0 Å². The van der Waals surface area contributed by atoms with Gasteiger partial charge in [-0.15, -0.1) is 0 Å². The summed E-state index contributed by atoms with van der Waals surface area (Å²) in [6.45, 7) is 0.255. The molecule has 224 valence electrons. The predicted molar refractivity (Wildman–Crippen MR) is 165 cm³/mol. The molecule has 0 aliphatic carbocycles. The minimum Gasteiger partial charge on any atom is -0.332 e. The molecule has 1 saturated heterocycles. The molecule has 11 nitrogen and oxygen atoms in total. The summed E-state index contributed by atoms with van der Waals surface area (Å²) in [5.41, 5.74) is 0.832. The molecule has 5 amide bonds. The Morgan fingerprint density at radius 1 is 0.932 bits per heavy atom. The average Bonchev–Trinajstić information content (AvgIpc) is 3.54. The van der Waals surface area contributed by atoms with Crippen LogP contribution in [-0.4, -0.2) is 64.2 Å². The summed E-state index contributed by atoms with van der Waals surface area (Å²) in [6.07, 6.45) is 0.999. The smallest absolute Gasteiger partial charge is 0.322 e. The van der Waals surface area contributed by atoms with Crippen LogP contribution in [-0.2, 0) is 16.0 Å². The van der Waals surface area contributed by atoms with Gasteiger partial charge >= 0.3 is 6.03 Å². The number of benzene rings is 4. The van der Waals surface area contributed by atoms with Gasteiger partial charge in [0.2, 0.25) is 11.8 Å². The average molecular weight is 594 g/mol. The van der Waals surface area contributed by atoms with Crippen LogP contribution in [0.25, 0.3) is 10.8 Å². The number of urea groups is 1. The maximum atomic E-state index is 13.9. The molecule has 0 radical (unpaired) electrons. The van der Waals surface area contributed by atoms with E-state index in [0.29, 0.717) is 18.4 Å². The van der Waals surface area contributed by atoms with Gasteiger partial charge in [0.05, 0.1) is 4.92 Å². The Bertz CT molecular complexity index is 1730. The van der Waals surface area contributed by atoms with Gasteiger partial charge in [-0.05, 0) is 47.4 Å². The van der Waals surface area contributed by atoms with Gasteiger partial charge in [-0.3, -0.25) is 29.8 Å². The zero-order valence-electron chi connectivity index (χ0n) is 24.0. The second-order valence-electron chi connectivity index (χ2n) is 10.6. The van der Waals surface area contributed by atoms with Crippen LogP contribution in [0.3, 0.4) is 0 Å². The van der Waals surface area contributed by atoms with E-state index in [2.05, 4.69) is 10.6 Å². The van der Waals surface area contributed by atoms with Crippen LogP contribution >= 0.6 is 0 Å². The summed E-state index contributed by atoms with van der Waals surface area (Å²) in [7, 11) is 1.48. The van der Waals surface area contributed by atoms with E-state index in [1.807, 2.05) is 42.5 Å². The molecule has 44 heavy (non-hydrogen) atoms. The van der Waals surface area contributed by atoms with Crippen molar-refractivity contribution in [1.29, 1.82) is 0 Å². The molecule has 5 rings (SSSR count). The lowest BCUT2D eigenvalue weighted by molar-refractivity contribution is -0.383. The standard InChI is InChI=1S/C33H31N5O6/c1-36(32(41)28-16-9-19-37(28)33(42)34-26-14-7-8-15-27(26)38(43)44)29(31(40)35-30(39)24-11-3-2-4-12-24)21-22-17-18-23-10-5-6-13-25(23)20-22/h2-8,10-15,17-18,20,28-29H,9,16,19,21H2,1H3,(H,34,42)(H,35,39,40)/t28-,29-/m0/s1. The fraction of sp³-hybridized carbons (Fsp3) is 0.212. The van der Waals surface area contributed by atoms with Crippen LogP contribution in [0.15, 0.2) is 97.1 Å². The van der Waals surface area contributed by atoms with Crippen LogP contribution in [0.2, 0.25) is 0 Å². The van der Waals surface area contributed by atoms with Gasteiger partial charge in [-0.25, -0.2) is 4.79 Å². The van der Waals surface area contributed by atoms with Crippen molar-refractivity contribution in [3.05, 3.63) is 118 Å². The molecular weight excluding hydrogens is 562 g/mol. The first-order valence-electron chi connectivity index (χ1n) is 14.2. The van der Waals surface area contributed by atoms with Gasteiger partial charge in [0.1, 0.15) is 17.8 Å². The largest absolute Gasteiger partial charge is 0.332 e. The first-order valence-corrected chi connectivity index (χ1v) is 14.2. The van der Waals surface area contributed by atoms with Crippen LogP contribution in [0.5, 0.6) is 0 Å². The van der Waals surface area contributed by atoms with Crippen molar-refractivity contribution in [2.75, 3.05) is 18.9 Å². The minimum absolute atomic E-state index is 0.0157. The highest BCUT2D eigenvalue weighted by Gasteiger charge is 2.39. The number of nitro benzene ring substituents is 1. The highest BCUT2D eigenvalue weighted by molar-refractivity contribution is 6.07. The van der Waals surface area contributed by atoms with E-state index in [-0.39, 0.29) is 24.3 Å². The molecule has 2 atom stereocenters. The number of carbonyl (C=O) groups is 4. The minimum atomic E-state index is -1.07. The van der Waals surface area contributed by atoms with E-state index in [0.717, 1.165) is 16.3 Å². The third-order valence-electron chi connectivity index (χ3n) is 7.77. The highest BCUT2D eigenvalue weighted by atomic mass is 16.6. The molecule has 0 unspecified atom stereocenters. The van der Waals surface area contributed by atoms with Gasteiger partial charge in [0, 0.05) is 31.6 Å². The summed E-state index contributed by atoms with van der Waals surface area (Å²) in [6, 6.07) is 24.9. The van der Waals surface area contributed by atoms with E-state index in [1.165, 1.54) is 35.0 Å². The number of likely N-dealkylation sites (N-methyl/N-ethyl adjacent to an activating group) is 1. The molecule has 0 bridgehead atoms. The zero-order valence-corrected chi connectivity index (χ0v) is 24.0. The number of imide groups is 1. The molecule has 1 fully saturated rings. The van der Waals surface area contributed by atoms with Crippen LogP contribution in [0.4, 0.5) is 16.2 Å². The summed E-state index contributed by atoms with van der Waals surface area (Å²) >= 11 is 0. The molecular formula is C33H31N5O6. The van der Waals surface area contributed by atoms with E-state index in [4.69, 9.17) is 0 Å². The Morgan fingerprint density at radius 3 is 2.36 bits per heavy atom. The van der Waals surface area contributed by atoms with E-state index < -0.39 is 40.8 Å². The monoisotopic (exact) mass is 593 g/mol. The number of carbonyl (C=O) groups excluding carboxylic acids is 4. The number of para-hydroxylation sites is 2. The van der Waals surface area contributed by atoms with Gasteiger partial charge in [0.25, 0.3) is 11.6 Å². The lowest BCUT2D eigenvalue weighted by Gasteiger charge is -2.32. The van der Waals surface area contributed by atoms with E-state index >= 15 is 0 Å². The Morgan fingerprint density at radius 2 is 1.61 bits per heavy atom. The third-order valence-corrected chi connectivity index (χ3v) is 7.77. The van der Waals surface area contributed by atoms with Crippen molar-refractivity contribution in [2.24, 2.45) is 0 Å². The number of rotatable bonds is 8. The number of amides is 5. The van der Waals surface area contributed by atoms with E-state index in [9.17, 15) is 29.3 Å². The number of anilines is 1. The summed E-state index contributed by atoms with van der Waals surface area (Å²) in [5.74, 6) is -1.73. The maximum absolute atomic E-state index is 13.9. The molecule has 4 aromatic rings. The fourth-order valence-corrected chi connectivity index (χ4v) is 5.43. The van der Waals surface area contributed by atoms with Crippen molar-refractivity contribution in [3.63, 3.8) is 0 Å². The molecule has 1 heterocycles. The number of hydrogen-bond acceptors (Lipinski definition) is 6. The van der Waals surface area contributed by atoms with Crippen molar-refractivity contribution < 1.29 is 24.1 Å². The lowest BCUT2D eigenvalue weighted by atomic mass is 9.99. The predicted octanol–water partition coefficient (Wildman–Crippen LogP) is 4.77. The van der Waals surface area contributed by atoms with Gasteiger partial charge in [0.15, 0.2) is 0 Å². The summed E-state index contributed by atoms with van der Waals surface area (Å²) in [5, 5.41) is 18.4. The van der Waals surface area contributed by atoms with Crippen LogP contribution < -0.4 is 10.6 Å². The SMILES string of the molecule is CN(C(=O)[C@@H]1CCCN1C(=O)Nc1ccccc1[N+](=O)[O-])[C@@H](Cc1ccc2ccccc2c1)C(=O)NC(=O)c1ccccc1. The Hall–Kier alpha value is -5.58. The Labute approximate surface area is 253 Å². The zero-order chi connectivity index (χ0) is 31.2. The molecule has 1 aliphatic rings. The highest BCUT2D eigenvalue weighted by Crippen LogP contribution is 2.27. The first kappa shape index (κ1) is 29.9. The molecule has 0 aromatic heterocycles. The Kier molecular flexibility index (Phi) is 8.94. The summed E-state index contributed by atoms with van der Waals surface area (Å²) < 4.78 is 0. The van der Waals surface area contributed by atoms with Crippen molar-refractivity contribution in [1.82, 2.24) is 15.1 Å². The summed E-state index contributed by atoms with van der Waals surface area (Å²) in [4.78, 5) is 67.1. The third kappa shape index (κ3) is 6.57. The first-order chi connectivity index (χ1) is 21.2. The number of nitrogens with one attached hydrogen (secondary N) is 2. The second kappa shape index (κ2) is 13.2. The van der Waals surface area contributed by atoms with Crippen LogP contribution in [0, 0.1) is 10.1 Å². The molecule has 11 heteroatoms. The number of nitrogens with zero attached hydrogens (tertiary/aromatic N) is 3. The quantitative estimate of drug-likeness (QED) is 0.223. The number of nitro groups is 1. The van der Waals surface area contributed by atoms with Crippen molar-refractivity contribution >= 4 is 45.9 Å². The fourth-order valence-electron chi connectivity index (χ4n) is 5.43. The second-order valence-corrected chi connectivity index (χ2v) is 10.6. The van der Waals surface area contributed by atoms with Gasteiger partial charge in [-0.1, -0.05) is 72.8 Å². The maximum Gasteiger partial charge on any atom is 0.322 e. The molecule has 2 N–H and O–H groups in total. The molecule has 0 saturated carbocycles. The molecule has 0 spiro atoms. The van der Waals surface area contributed by atoms with Gasteiger partial charge in [-0.2, -0.15) is 0 Å². The number of fused-ring (bicyclic) bond motifs is 1. The number of hydrogen-bond donors (Lipinski definition) is 2. The normalized spacial score (nSPS) is 14.9. The Balaban J connectivity index is 1.38. The van der Waals surface area contributed by atoms with E-state index in [1.54, 1.807) is 36.4 Å². The number of likely N-dealkylation sites (tertiary alicyclic amines) is 1. The van der Waals surface area contributed by atoms with Gasteiger partial charge < -0.3 is 15.1 Å². The lowest BCUT2D eigenvalue weighted by Crippen LogP contribution is -2.55.